The predicted molar refractivity (Wildman–Crippen MR) is 118 cm³/mol. The van der Waals surface area contributed by atoms with Crippen LogP contribution in [0.3, 0.4) is 0 Å². The van der Waals surface area contributed by atoms with E-state index in [4.69, 9.17) is 0 Å². The molecule has 0 radical (unpaired) electrons. The van der Waals surface area contributed by atoms with Gasteiger partial charge in [0, 0.05) is 18.1 Å². The lowest BCUT2D eigenvalue weighted by atomic mass is 10.1. The summed E-state index contributed by atoms with van der Waals surface area (Å²) in [5, 5.41) is 1.14. The Morgan fingerprint density at radius 1 is 1.25 bits per heavy atom. The highest BCUT2D eigenvalue weighted by Crippen LogP contribution is 2.23. The summed E-state index contributed by atoms with van der Waals surface area (Å²) >= 11 is 4.70. The van der Waals surface area contributed by atoms with Crippen molar-refractivity contribution in [2.24, 2.45) is 0 Å². The van der Waals surface area contributed by atoms with E-state index in [0.29, 0.717) is 22.6 Å². The van der Waals surface area contributed by atoms with Crippen LogP contribution in [0.1, 0.15) is 25.5 Å². The van der Waals surface area contributed by atoms with Gasteiger partial charge < -0.3 is 4.90 Å². The van der Waals surface area contributed by atoms with Crippen LogP contribution in [0.15, 0.2) is 63.0 Å². The molecule has 1 heterocycles. The van der Waals surface area contributed by atoms with Gasteiger partial charge in [-0.2, -0.15) is 0 Å². The zero-order valence-corrected chi connectivity index (χ0v) is 18.5. The predicted octanol–water partition coefficient (Wildman–Crippen LogP) is 4.49. The number of carbonyl (C=O) groups excluding carboxylic acids is 1. The number of nitrogens with zero attached hydrogens (tertiary/aromatic N) is 3. The van der Waals surface area contributed by atoms with E-state index in [9.17, 15) is 9.59 Å². The molecule has 0 aliphatic heterocycles. The van der Waals surface area contributed by atoms with Crippen LogP contribution in [0.25, 0.3) is 10.9 Å². The molecule has 0 saturated heterocycles. The SMILES string of the molecule is CCn1c(SCC(=O)N(C)C(C)c2ccccc2)nc2ccc(Br)cc2c1=O. The Hall–Kier alpha value is -2.12. The van der Waals surface area contributed by atoms with Gasteiger partial charge in [0.1, 0.15) is 0 Å². The molecule has 3 aromatic rings. The third kappa shape index (κ3) is 4.31. The van der Waals surface area contributed by atoms with Crippen molar-refractivity contribution in [3.63, 3.8) is 0 Å². The van der Waals surface area contributed by atoms with Crippen LogP contribution >= 0.6 is 27.7 Å². The quantitative estimate of drug-likeness (QED) is 0.402. The van der Waals surface area contributed by atoms with Crippen molar-refractivity contribution in [2.45, 2.75) is 31.6 Å². The summed E-state index contributed by atoms with van der Waals surface area (Å²) in [5.74, 6) is 0.219. The summed E-state index contributed by atoms with van der Waals surface area (Å²) in [6, 6.07) is 15.4. The normalized spacial score (nSPS) is 12.1. The largest absolute Gasteiger partial charge is 0.338 e. The Morgan fingerprint density at radius 3 is 2.64 bits per heavy atom. The average molecular weight is 460 g/mol. The number of amides is 1. The van der Waals surface area contributed by atoms with Crippen LogP contribution in [0.4, 0.5) is 0 Å². The minimum absolute atomic E-state index is 0.00541. The number of rotatable bonds is 6. The van der Waals surface area contributed by atoms with Gasteiger partial charge in [0.25, 0.3) is 5.56 Å². The van der Waals surface area contributed by atoms with Crippen molar-refractivity contribution in [3.05, 3.63) is 68.9 Å². The molecule has 0 aliphatic carbocycles. The summed E-state index contributed by atoms with van der Waals surface area (Å²) in [4.78, 5) is 31.9. The molecule has 146 valence electrons. The molecular weight excluding hydrogens is 438 g/mol. The first-order valence-corrected chi connectivity index (χ1v) is 10.8. The van der Waals surface area contributed by atoms with E-state index in [-0.39, 0.29) is 23.3 Å². The molecule has 0 aliphatic rings. The Bertz CT molecular complexity index is 1050. The molecule has 28 heavy (non-hydrogen) atoms. The first-order valence-electron chi connectivity index (χ1n) is 9.06. The fourth-order valence-electron chi connectivity index (χ4n) is 2.96. The van der Waals surface area contributed by atoms with E-state index < -0.39 is 0 Å². The summed E-state index contributed by atoms with van der Waals surface area (Å²) in [6.07, 6.45) is 0. The first kappa shape index (κ1) is 20.6. The highest BCUT2D eigenvalue weighted by Gasteiger charge is 2.19. The summed E-state index contributed by atoms with van der Waals surface area (Å²) in [5.41, 5.74) is 1.64. The zero-order valence-electron chi connectivity index (χ0n) is 16.1. The molecule has 0 spiro atoms. The number of halogens is 1. The smallest absolute Gasteiger partial charge is 0.262 e. The summed E-state index contributed by atoms with van der Waals surface area (Å²) in [6.45, 7) is 4.41. The maximum Gasteiger partial charge on any atom is 0.262 e. The summed E-state index contributed by atoms with van der Waals surface area (Å²) < 4.78 is 2.46. The van der Waals surface area contributed by atoms with Crippen molar-refractivity contribution >= 4 is 44.5 Å². The number of fused-ring (bicyclic) bond motifs is 1. The van der Waals surface area contributed by atoms with Crippen molar-refractivity contribution < 1.29 is 4.79 Å². The van der Waals surface area contributed by atoms with Crippen molar-refractivity contribution in [3.8, 4) is 0 Å². The van der Waals surface area contributed by atoms with E-state index in [2.05, 4.69) is 20.9 Å². The van der Waals surface area contributed by atoms with Gasteiger partial charge in [-0.1, -0.05) is 58.0 Å². The van der Waals surface area contributed by atoms with Crippen LogP contribution in [0, 0.1) is 0 Å². The van der Waals surface area contributed by atoms with Gasteiger partial charge in [0.15, 0.2) is 5.16 Å². The molecule has 0 fully saturated rings. The van der Waals surface area contributed by atoms with E-state index >= 15 is 0 Å². The van der Waals surface area contributed by atoms with Crippen molar-refractivity contribution in [1.29, 1.82) is 0 Å². The maximum absolute atomic E-state index is 12.8. The molecule has 0 N–H and O–H groups in total. The second-order valence-corrected chi connectivity index (χ2v) is 8.34. The number of carbonyl (C=O) groups is 1. The lowest BCUT2D eigenvalue weighted by Crippen LogP contribution is -2.31. The minimum atomic E-state index is -0.0882. The van der Waals surface area contributed by atoms with Crippen LogP contribution in [0.5, 0.6) is 0 Å². The second-order valence-electron chi connectivity index (χ2n) is 6.49. The van der Waals surface area contributed by atoms with Gasteiger partial charge >= 0.3 is 0 Å². The van der Waals surface area contributed by atoms with Gasteiger partial charge in [0.05, 0.1) is 22.7 Å². The Morgan fingerprint density at radius 2 is 1.96 bits per heavy atom. The first-order chi connectivity index (χ1) is 13.4. The molecule has 1 aromatic heterocycles. The maximum atomic E-state index is 12.8. The molecule has 0 saturated carbocycles. The number of benzene rings is 2. The van der Waals surface area contributed by atoms with Crippen LogP contribution in [-0.2, 0) is 11.3 Å². The second kappa shape index (κ2) is 8.92. The molecule has 3 rings (SSSR count). The Kier molecular flexibility index (Phi) is 6.57. The van der Waals surface area contributed by atoms with Crippen LogP contribution < -0.4 is 5.56 Å². The number of aromatic nitrogens is 2. The van der Waals surface area contributed by atoms with Gasteiger partial charge in [0.2, 0.25) is 5.91 Å². The topological polar surface area (TPSA) is 55.2 Å². The van der Waals surface area contributed by atoms with E-state index in [0.717, 1.165) is 10.0 Å². The highest BCUT2D eigenvalue weighted by atomic mass is 79.9. The fraction of sp³-hybridized carbons (Fsp3) is 0.286. The van der Waals surface area contributed by atoms with Gasteiger partial charge in [-0.3, -0.25) is 14.2 Å². The van der Waals surface area contributed by atoms with E-state index in [1.165, 1.54) is 11.8 Å². The monoisotopic (exact) mass is 459 g/mol. The lowest BCUT2D eigenvalue weighted by molar-refractivity contribution is -0.128. The zero-order chi connectivity index (χ0) is 20.3. The van der Waals surface area contributed by atoms with Crippen LogP contribution in [0.2, 0.25) is 0 Å². The Balaban J connectivity index is 1.80. The number of hydrogen-bond donors (Lipinski definition) is 0. The number of hydrogen-bond acceptors (Lipinski definition) is 4. The van der Waals surface area contributed by atoms with Gasteiger partial charge in [-0.05, 0) is 37.6 Å². The van der Waals surface area contributed by atoms with Crippen molar-refractivity contribution in [1.82, 2.24) is 14.5 Å². The molecular formula is C21H22BrN3O2S. The number of thioether (sulfide) groups is 1. The molecule has 5 nitrogen and oxygen atoms in total. The minimum Gasteiger partial charge on any atom is -0.338 e. The molecule has 1 amide bonds. The van der Waals surface area contributed by atoms with Gasteiger partial charge in [-0.25, -0.2) is 4.98 Å². The molecule has 7 heteroatoms. The molecule has 2 aromatic carbocycles. The fourth-order valence-corrected chi connectivity index (χ4v) is 4.31. The summed E-state index contributed by atoms with van der Waals surface area (Å²) in [7, 11) is 1.80. The third-order valence-electron chi connectivity index (χ3n) is 4.78. The van der Waals surface area contributed by atoms with Gasteiger partial charge in [-0.15, -0.1) is 0 Å². The van der Waals surface area contributed by atoms with Crippen LogP contribution in [-0.4, -0.2) is 33.2 Å². The third-order valence-corrected chi connectivity index (χ3v) is 6.23. The molecule has 1 unspecified atom stereocenters. The van der Waals surface area contributed by atoms with Crippen molar-refractivity contribution in [2.75, 3.05) is 12.8 Å². The van der Waals surface area contributed by atoms with E-state index in [1.54, 1.807) is 22.6 Å². The average Bonchev–Trinajstić information content (AvgIpc) is 2.72. The standard InChI is InChI=1S/C21H22BrN3O2S/c1-4-25-20(27)17-12-16(22)10-11-18(17)23-21(25)28-13-19(26)24(3)14(2)15-8-6-5-7-9-15/h5-12,14H,4,13H2,1-3H3. The van der Waals surface area contributed by atoms with E-state index in [1.807, 2.05) is 56.3 Å². The highest BCUT2D eigenvalue weighted by molar-refractivity contribution is 9.10. The molecule has 1 atom stereocenters. The lowest BCUT2D eigenvalue weighted by Gasteiger charge is -2.25. The molecule has 0 bridgehead atoms. The Labute approximate surface area is 176 Å².